The SMILES string of the molecule is COC1CCN(c2snc(N)c2-c2ccccc2)CC1. The third-order valence-electron chi connectivity index (χ3n) is 3.83. The monoisotopic (exact) mass is 289 g/mol. The van der Waals surface area contributed by atoms with Crippen LogP contribution in [0, 0.1) is 0 Å². The number of aromatic nitrogens is 1. The van der Waals surface area contributed by atoms with E-state index in [0.717, 1.165) is 37.1 Å². The molecule has 0 bridgehead atoms. The molecule has 0 atom stereocenters. The van der Waals surface area contributed by atoms with Gasteiger partial charge in [-0.2, -0.15) is 4.37 Å². The molecule has 0 spiro atoms. The van der Waals surface area contributed by atoms with Gasteiger partial charge in [-0.1, -0.05) is 30.3 Å². The minimum Gasteiger partial charge on any atom is -0.382 e. The fraction of sp³-hybridized carbons (Fsp3) is 0.400. The number of rotatable bonds is 3. The van der Waals surface area contributed by atoms with Gasteiger partial charge in [-0.3, -0.25) is 0 Å². The van der Waals surface area contributed by atoms with E-state index in [1.807, 2.05) is 18.2 Å². The van der Waals surface area contributed by atoms with E-state index in [9.17, 15) is 0 Å². The van der Waals surface area contributed by atoms with Crippen molar-refractivity contribution in [3.8, 4) is 11.1 Å². The highest BCUT2D eigenvalue weighted by atomic mass is 32.1. The number of methoxy groups -OCH3 is 1. The molecule has 0 saturated carbocycles. The molecule has 3 rings (SSSR count). The number of nitrogen functional groups attached to an aromatic ring is 1. The third kappa shape index (κ3) is 2.51. The van der Waals surface area contributed by atoms with Gasteiger partial charge in [-0.15, -0.1) is 0 Å². The summed E-state index contributed by atoms with van der Waals surface area (Å²) in [6.07, 6.45) is 2.50. The molecule has 1 fully saturated rings. The minimum atomic E-state index is 0.386. The summed E-state index contributed by atoms with van der Waals surface area (Å²) in [7, 11) is 1.79. The number of hydrogen-bond donors (Lipinski definition) is 1. The number of nitrogens with two attached hydrogens (primary N) is 1. The summed E-state index contributed by atoms with van der Waals surface area (Å²) in [5, 5.41) is 1.18. The van der Waals surface area contributed by atoms with Gasteiger partial charge in [0.25, 0.3) is 0 Å². The van der Waals surface area contributed by atoms with E-state index in [0.29, 0.717) is 11.9 Å². The molecule has 2 heterocycles. The fourth-order valence-electron chi connectivity index (χ4n) is 2.68. The quantitative estimate of drug-likeness (QED) is 0.943. The van der Waals surface area contributed by atoms with E-state index >= 15 is 0 Å². The van der Waals surface area contributed by atoms with Gasteiger partial charge in [0.1, 0.15) is 10.8 Å². The number of nitrogens with zero attached hydrogens (tertiary/aromatic N) is 2. The predicted molar refractivity (Wildman–Crippen MR) is 84.2 cm³/mol. The van der Waals surface area contributed by atoms with Crippen molar-refractivity contribution in [3.05, 3.63) is 30.3 Å². The Morgan fingerprint density at radius 3 is 2.60 bits per heavy atom. The lowest BCUT2D eigenvalue weighted by atomic mass is 10.1. The van der Waals surface area contributed by atoms with Crippen LogP contribution in [0.4, 0.5) is 10.8 Å². The Bertz CT molecular complexity index is 562. The second-order valence-corrected chi connectivity index (χ2v) is 5.79. The maximum atomic E-state index is 6.08. The van der Waals surface area contributed by atoms with E-state index < -0.39 is 0 Å². The highest BCUT2D eigenvalue weighted by Crippen LogP contribution is 2.40. The van der Waals surface area contributed by atoms with Gasteiger partial charge in [-0.25, -0.2) is 0 Å². The normalized spacial score (nSPS) is 16.6. The predicted octanol–water partition coefficient (Wildman–Crippen LogP) is 3.01. The Hall–Kier alpha value is -1.59. The minimum absolute atomic E-state index is 0.386. The summed E-state index contributed by atoms with van der Waals surface area (Å²) in [4.78, 5) is 2.38. The maximum absolute atomic E-state index is 6.08. The number of anilines is 2. The first-order chi connectivity index (χ1) is 9.79. The zero-order chi connectivity index (χ0) is 13.9. The van der Waals surface area contributed by atoms with E-state index in [2.05, 4.69) is 21.4 Å². The molecule has 5 heteroatoms. The van der Waals surface area contributed by atoms with Crippen molar-refractivity contribution in [2.24, 2.45) is 0 Å². The summed E-state index contributed by atoms with van der Waals surface area (Å²) >= 11 is 1.50. The molecule has 106 valence electrons. The molecule has 1 aromatic heterocycles. The molecule has 0 amide bonds. The van der Waals surface area contributed by atoms with Crippen LogP contribution in [0.25, 0.3) is 11.1 Å². The first kappa shape index (κ1) is 13.4. The van der Waals surface area contributed by atoms with Gasteiger partial charge in [0.15, 0.2) is 0 Å². The van der Waals surface area contributed by atoms with Crippen LogP contribution in [0.5, 0.6) is 0 Å². The van der Waals surface area contributed by atoms with Crippen molar-refractivity contribution in [2.75, 3.05) is 30.8 Å². The Morgan fingerprint density at radius 1 is 1.25 bits per heavy atom. The highest BCUT2D eigenvalue weighted by molar-refractivity contribution is 7.11. The second kappa shape index (κ2) is 5.81. The van der Waals surface area contributed by atoms with Crippen LogP contribution in [0.2, 0.25) is 0 Å². The lowest BCUT2D eigenvalue weighted by Crippen LogP contribution is -2.36. The van der Waals surface area contributed by atoms with Gasteiger partial charge < -0.3 is 15.4 Å². The smallest absolute Gasteiger partial charge is 0.147 e. The van der Waals surface area contributed by atoms with Crippen LogP contribution >= 0.6 is 11.5 Å². The number of benzene rings is 1. The standard InChI is InChI=1S/C15H19N3OS/c1-19-12-7-9-18(10-8-12)15-13(14(16)17-20-15)11-5-3-2-4-6-11/h2-6,12H,7-10H2,1H3,(H2,16,17). The molecular formula is C15H19N3OS. The van der Waals surface area contributed by atoms with Crippen LogP contribution in [0.3, 0.4) is 0 Å². The molecule has 20 heavy (non-hydrogen) atoms. The zero-order valence-corrected chi connectivity index (χ0v) is 12.4. The first-order valence-electron chi connectivity index (χ1n) is 6.88. The van der Waals surface area contributed by atoms with E-state index in [1.54, 1.807) is 7.11 Å². The van der Waals surface area contributed by atoms with Crippen molar-refractivity contribution in [1.82, 2.24) is 4.37 Å². The molecule has 1 aliphatic rings. The van der Waals surface area contributed by atoms with Crippen LogP contribution in [0.15, 0.2) is 30.3 Å². The average Bonchev–Trinajstić information content (AvgIpc) is 2.90. The number of piperidine rings is 1. The number of hydrogen-bond acceptors (Lipinski definition) is 5. The van der Waals surface area contributed by atoms with E-state index in [4.69, 9.17) is 10.5 Å². The average molecular weight is 289 g/mol. The number of ether oxygens (including phenoxy) is 1. The Balaban J connectivity index is 1.88. The second-order valence-electron chi connectivity index (χ2n) is 5.04. The Kier molecular flexibility index (Phi) is 3.89. The van der Waals surface area contributed by atoms with Gasteiger partial charge in [-0.05, 0) is 29.9 Å². The highest BCUT2D eigenvalue weighted by Gasteiger charge is 2.24. The summed E-state index contributed by atoms with van der Waals surface area (Å²) < 4.78 is 9.79. The van der Waals surface area contributed by atoms with Crippen molar-refractivity contribution in [1.29, 1.82) is 0 Å². The molecule has 1 saturated heterocycles. The van der Waals surface area contributed by atoms with Gasteiger partial charge >= 0.3 is 0 Å². The lowest BCUT2D eigenvalue weighted by molar-refractivity contribution is 0.0820. The summed E-state index contributed by atoms with van der Waals surface area (Å²) in [6, 6.07) is 10.3. The molecular weight excluding hydrogens is 270 g/mol. The largest absolute Gasteiger partial charge is 0.382 e. The zero-order valence-electron chi connectivity index (χ0n) is 11.6. The Morgan fingerprint density at radius 2 is 1.95 bits per heavy atom. The van der Waals surface area contributed by atoms with Crippen LogP contribution in [0.1, 0.15) is 12.8 Å². The first-order valence-corrected chi connectivity index (χ1v) is 7.65. The third-order valence-corrected chi connectivity index (χ3v) is 4.75. The van der Waals surface area contributed by atoms with Gasteiger partial charge in [0, 0.05) is 20.2 Å². The van der Waals surface area contributed by atoms with Gasteiger partial charge in [0.05, 0.1) is 11.7 Å². The van der Waals surface area contributed by atoms with Gasteiger partial charge in [0.2, 0.25) is 0 Å². The van der Waals surface area contributed by atoms with Crippen molar-refractivity contribution >= 4 is 22.4 Å². The molecule has 0 unspecified atom stereocenters. The molecule has 1 aliphatic heterocycles. The van der Waals surface area contributed by atoms with E-state index in [1.165, 1.54) is 16.5 Å². The van der Waals surface area contributed by atoms with Crippen LogP contribution < -0.4 is 10.6 Å². The molecule has 2 aromatic rings. The maximum Gasteiger partial charge on any atom is 0.147 e. The molecule has 0 aliphatic carbocycles. The molecule has 1 aromatic carbocycles. The summed E-state index contributed by atoms with van der Waals surface area (Å²) in [5.41, 5.74) is 8.30. The Labute approximate surface area is 123 Å². The van der Waals surface area contributed by atoms with Crippen LogP contribution in [-0.2, 0) is 4.74 Å². The lowest BCUT2D eigenvalue weighted by Gasteiger charge is -2.32. The van der Waals surface area contributed by atoms with Crippen LogP contribution in [-0.4, -0.2) is 30.7 Å². The van der Waals surface area contributed by atoms with E-state index in [-0.39, 0.29) is 0 Å². The van der Waals surface area contributed by atoms with Crippen molar-refractivity contribution in [2.45, 2.75) is 18.9 Å². The summed E-state index contributed by atoms with van der Waals surface area (Å²) in [6.45, 7) is 2.00. The van der Waals surface area contributed by atoms with Crippen molar-refractivity contribution < 1.29 is 4.74 Å². The fourth-order valence-corrected chi connectivity index (χ4v) is 3.57. The molecule has 4 nitrogen and oxygen atoms in total. The molecule has 2 N–H and O–H groups in total. The topological polar surface area (TPSA) is 51.4 Å². The van der Waals surface area contributed by atoms with Crippen molar-refractivity contribution in [3.63, 3.8) is 0 Å². The summed E-state index contributed by atoms with van der Waals surface area (Å²) in [5.74, 6) is 0.630. The molecule has 0 radical (unpaired) electrons.